The minimum absolute atomic E-state index is 0.000568. The van der Waals surface area contributed by atoms with Gasteiger partial charge in [0.2, 0.25) is 5.91 Å². The van der Waals surface area contributed by atoms with Crippen molar-refractivity contribution in [2.75, 3.05) is 16.4 Å². The maximum absolute atomic E-state index is 12.6. The molecule has 0 bridgehead atoms. The van der Waals surface area contributed by atoms with Crippen molar-refractivity contribution < 1.29 is 13.2 Å². The summed E-state index contributed by atoms with van der Waals surface area (Å²) in [5, 5.41) is 0. The lowest BCUT2D eigenvalue weighted by atomic mass is 9.89. The van der Waals surface area contributed by atoms with Gasteiger partial charge in [-0.25, -0.2) is 8.42 Å². The van der Waals surface area contributed by atoms with Crippen LogP contribution in [0.3, 0.4) is 0 Å². The number of amides is 1. The number of benzene rings is 1. The molecule has 2 rings (SSSR count). The number of carbonyl (C=O) groups is 1. The van der Waals surface area contributed by atoms with Crippen LogP contribution in [0, 0.1) is 5.92 Å². The van der Waals surface area contributed by atoms with Crippen LogP contribution in [-0.2, 0) is 21.1 Å². The Morgan fingerprint density at radius 2 is 2.00 bits per heavy atom. The van der Waals surface area contributed by atoms with Gasteiger partial charge in [-0.1, -0.05) is 39.0 Å². The number of anilines is 1. The van der Waals surface area contributed by atoms with Gasteiger partial charge < -0.3 is 4.90 Å². The Morgan fingerprint density at radius 1 is 1.33 bits per heavy atom. The van der Waals surface area contributed by atoms with E-state index >= 15 is 0 Å². The number of aryl methyl sites for hydroxylation is 1. The Labute approximate surface area is 127 Å². The standard InChI is InChI=1S/C16H23NO3S/c1-4-21(19,20)11-16(18)17-14(12(2)3)10-9-13-7-5-6-8-15(13)17/h5-8,12,14H,4,9-11H2,1-3H3/t14-/m0/s1. The fourth-order valence-electron chi connectivity index (χ4n) is 2.88. The quantitative estimate of drug-likeness (QED) is 0.858. The van der Waals surface area contributed by atoms with Gasteiger partial charge in [-0.3, -0.25) is 4.79 Å². The molecule has 1 aliphatic rings. The van der Waals surface area contributed by atoms with Crippen LogP contribution in [0.25, 0.3) is 0 Å². The summed E-state index contributed by atoms with van der Waals surface area (Å²) in [5.41, 5.74) is 2.00. The maximum atomic E-state index is 12.6. The van der Waals surface area contributed by atoms with Crippen molar-refractivity contribution in [3.63, 3.8) is 0 Å². The van der Waals surface area contributed by atoms with E-state index in [1.165, 1.54) is 0 Å². The van der Waals surface area contributed by atoms with E-state index in [2.05, 4.69) is 13.8 Å². The monoisotopic (exact) mass is 309 g/mol. The third-order valence-corrected chi connectivity index (χ3v) is 5.68. The van der Waals surface area contributed by atoms with Gasteiger partial charge in [0, 0.05) is 17.5 Å². The van der Waals surface area contributed by atoms with Gasteiger partial charge in [0.15, 0.2) is 9.84 Å². The Balaban J connectivity index is 2.38. The summed E-state index contributed by atoms with van der Waals surface area (Å²) in [7, 11) is -3.31. The summed E-state index contributed by atoms with van der Waals surface area (Å²) in [6, 6.07) is 7.86. The van der Waals surface area contributed by atoms with Crippen LogP contribution in [-0.4, -0.2) is 31.9 Å². The minimum Gasteiger partial charge on any atom is -0.308 e. The molecule has 4 nitrogen and oxygen atoms in total. The SMILES string of the molecule is CCS(=O)(=O)CC(=O)N1c2ccccc2CC[C@H]1C(C)C. The Hall–Kier alpha value is -1.36. The highest BCUT2D eigenvalue weighted by Gasteiger charge is 2.34. The molecule has 0 unspecified atom stereocenters. The van der Waals surface area contributed by atoms with Crippen LogP contribution in [0.2, 0.25) is 0 Å². The lowest BCUT2D eigenvalue weighted by Gasteiger charge is -2.39. The van der Waals surface area contributed by atoms with E-state index in [9.17, 15) is 13.2 Å². The number of rotatable bonds is 4. The zero-order valence-corrected chi connectivity index (χ0v) is 13.7. The number of carbonyl (C=O) groups excluding carboxylic acids is 1. The molecule has 116 valence electrons. The molecule has 1 aromatic rings. The lowest BCUT2D eigenvalue weighted by molar-refractivity contribution is -0.117. The van der Waals surface area contributed by atoms with Gasteiger partial charge in [0.1, 0.15) is 5.75 Å². The Bertz CT molecular complexity index is 622. The molecule has 0 saturated carbocycles. The summed E-state index contributed by atoms with van der Waals surface area (Å²) >= 11 is 0. The van der Waals surface area contributed by atoms with Crippen LogP contribution in [0.15, 0.2) is 24.3 Å². The molecule has 1 heterocycles. The first-order chi connectivity index (χ1) is 9.85. The van der Waals surface area contributed by atoms with Crippen LogP contribution in [0.4, 0.5) is 5.69 Å². The molecule has 0 aromatic heterocycles. The number of sulfone groups is 1. The second-order valence-electron chi connectivity index (χ2n) is 5.92. The molecule has 0 N–H and O–H groups in total. The molecule has 1 aromatic carbocycles. The zero-order chi connectivity index (χ0) is 15.6. The molecule has 1 amide bonds. The van der Waals surface area contributed by atoms with Gasteiger partial charge >= 0.3 is 0 Å². The second kappa shape index (κ2) is 6.18. The third kappa shape index (κ3) is 3.46. The molecule has 1 atom stereocenters. The number of hydrogen-bond acceptors (Lipinski definition) is 3. The van der Waals surface area contributed by atoms with Crippen molar-refractivity contribution >= 4 is 21.4 Å². The maximum Gasteiger partial charge on any atom is 0.242 e. The summed E-state index contributed by atoms with van der Waals surface area (Å²) in [6.07, 6.45) is 1.82. The van der Waals surface area contributed by atoms with Gasteiger partial charge in [-0.05, 0) is 30.4 Å². The van der Waals surface area contributed by atoms with Crippen molar-refractivity contribution in [3.8, 4) is 0 Å². The molecular formula is C16H23NO3S. The highest BCUT2D eigenvalue weighted by molar-refractivity contribution is 7.92. The normalized spacial score (nSPS) is 18.7. The molecule has 1 aliphatic heterocycles. The number of hydrogen-bond donors (Lipinski definition) is 0. The van der Waals surface area contributed by atoms with Crippen molar-refractivity contribution in [2.24, 2.45) is 5.92 Å². The topological polar surface area (TPSA) is 54.5 Å². The van der Waals surface area contributed by atoms with E-state index in [1.807, 2.05) is 24.3 Å². The number of para-hydroxylation sites is 1. The fraction of sp³-hybridized carbons (Fsp3) is 0.562. The largest absolute Gasteiger partial charge is 0.308 e. The van der Waals surface area contributed by atoms with E-state index in [-0.39, 0.29) is 17.7 Å². The molecule has 0 radical (unpaired) electrons. The van der Waals surface area contributed by atoms with E-state index in [0.29, 0.717) is 5.92 Å². The van der Waals surface area contributed by atoms with Crippen molar-refractivity contribution in [3.05, 3.63) is 29.8 Å². The summed E-state index contributed by atoms with van der Waals surface area (Å²) in [5.74, 6) is -0.406. The smallest absolute Gasteiger partial charge is 0.242 e. The average Bonchev–Trinajstić information content (AvgIpc) is 2.45. The molecule has 0 aliphatic carbocycles. The first-order valence-electron chi connectivity index (χ1n) is 7.46. The Morgan fingerprint density at radius 3 is 2.62 bits per heavy atom. The predicted molar refractivity (Wildman–Crippen MR) is 85.2 cm³/mol. The minimum atomic E-state index is -3.31. The van der Waals surface area contributed by atoms with Gasteiger partial charge in [-0.15, -0.1) is 0 Å². The van der Waals surface area contributed by atoms with E-state index < -0.39 is 15.6 Å². The lowest BCUT2D eigenvalue weighted by Crippen LogP contribution is -2.48. The van der Waals surface area contributed by atoms with E-state index in [1.54, 1.807) is 11.8 Å². The Kier molecular flexibility index (Phi) is 4.71. The van der Waals surface area contributed by atoms with Crippen molar-refractivity contribution in [2.45, 2.75) is 39.7 Å². The number of fused-ring (bicyclic) bond motifs is 1. The molecule has 5 heteroatoms. The van der Waals surface area contributed by atoms with Crippen molar-refractivity contribution in [1.29, 1.82) is 0 Å². The summed E-state index contributed by atoms with van der Waals surface area (Å²) in [4.78, 5) is 14.3. The molecule has 21 heavy (non-hydrogen) atoms. The zero-order valence-electron chi connectivity index (χ0n) is 12.9. The summed E-state index contributed by atoms with van der Waals surface area (Å²) in [6.45, 7) is 5.73. The van der Waals surface area contributed by atoms with Gasteiger partial charge in [-0.2, -0.15) is 0 Å². The average molecular weight is 309 g/mol. The summed E-state index contributed by atoms with van der Waals surface area (Å²) < 4.78 is 23.6. The van der Waals surface area contributed by atoms with Crippen LogP contribution in [0.5, 0.6) is 0 Å². The predicted octanol–water partition coefficient (Wildman–Crippen LogP) is 2.43. The highest BCUT2D eigenvalue weighted by atomic mass is 32.2. The molecule has 0 saturated heterocycles. The van der Waals surface area contributed by atoms with Crippen molar-refractivity contribution in [1.82, 2.24) is 0 Å². The second-order valence-corrected chi connectivity index (χ2v) is 8.27. The van der Waals surface area contributed by atoms with Crippen LogP contribution >= 0.6 is 0 Å². The first-order valence-corrected chi connectivity index (χ1v) is 9.28. The highest BCUT2D eigenvalue weighted by Crippen LogP contribution is 2.33. The number of nitrogens with zero attached hydrogens (tertiary/aromatic N) is 1. The van der Waals surface area contributed by atoms with Crippen LogP contribution < -0.4 is 4.90 Å². The van der Waals surface area contributed by atoms with Gasteiger partial charge in [0.05, 0.1) is 0 Å². The third-order valence-electron chi connectivity index (χ3n) is 4.11. The molecular weight excluding hydrogens is 286 g/mol. The van der Waals surface area contributed by atoms with E-state index in [0.717, 1.165) is 24.1 Å². The molecule has 0 spiro atoms. The fourth-order valence-corrected chi connectivity index (χ4v) is 3.60. The first kappa shape index (κ1) is 16.0. The van der Waals surface area contributed by atoms with E-state index in [4.69, 9.17) is 0 Å². The van der Waals surface area contributed by atoms with Gasteiger partial charge in [0.25, 0.3) is 0 Å². The molecule has 0 fully saturated rings. The van der Waals surface area contributed by atoms with Crippen LogP contribution in [0.1, 0.15) is 32.8 Å².